The minimum absolute atomic E-state index is 0.0600. The van der Waals surface area contributed by atoms with Crippen LogP contribution in [0.15, 0.2) is 47.1 Å². The lowest BCUT2D eigenvalue weighted by Crippen LogP contribution is -2.48. The molecule has 26 heavy (non-hydrogen) atoms. The van der Waals surface area contributed by atoms with E-state index in [2.05, 4.69) is 5.32 Å². The summed E-state index contributed by atoms with van der Waals surface area (Å²) in [6.45, 7) is 2.21. The van der Waals surface area contributed by atoms with Crippen molar-refractivity contribution in [3.05, 3.63) is 59.8 Å². The van der Waals surface area contributed by atoms with Gasteiger partial charge in [0.25, 0.3) is 0 Å². The Kier molecular flexibility index (Phi) is 4.68. The second-order valence-electron chi connectivity index (χ2n) is 7.28. The number of ether oxygens (including phenoxy) is 1. The Morgan fingerprint density at radius 2 is 2.08 bits per heavy atom. The first-order valence-corrected chi connectivity index (χ1v) is 9.06. The summed E-state index contributed by atoms with van der Waals surface area (Å²) in [5.74, 6) is 0.530. The lowest BCUT2D eigenvalue weighted by molar-refractivity contribution is -0.0261. The van der Waals surface area contributed by atoms with Gasteiger partial charge in [-0.2, -0.15) is 0 Å². The summed E-state index contributed by atoms with van der Waals surface area (Å²) in [5, 5.41) is 3.08. The molecular weight excluding hydrogens is 335 g/mol. The average molecular weight is 358 g/mol. The number of morpholine rings is 1. The molecule has 2 amide bonds. The van der Waals surface area contributed by atoms with Crippen molar-refractivity contribution in [2.24, 2.45) is 5.41 Å². The van der Waals surface area contributed by atoms with Crippen LogP contribution in [0, 0.1) is 11.2 Å². The molecule has 0 spiro atoms. The van der Waals surface area contributed by atoms with Crippen molar-refractivity contribution in [2.45, 2.75) is 25.4 Å². The van der Waals surface area contributed by atoms with Crippen LogP contribution < -0.4 is 5.32 Å². The summed E-state index contributed by atoms with van der Waals surface area (Å²) in [6, 6.07) is 10.3. The van der Waals surface area contributed by atoms with Gasteiger partial charge in [-0.3, -0.25) is 0 Å². The molecule has 2 aromatic rings. The zero-order chi connectivity index (χ0) is 18.0. The molecule has 138 valence electrons. The van der Waals surface area contributed by atoms with Crippen molar-refractivity contribution in [3.63, 3.8) is 0 Å². The average Bonchev–Trinajstić information content (AvgIpc) is 3.20. The highest BCUT2D eigenvalue weighted by molar-refractivity contribution is 5.74. The summed E-state index contributed by atoms with van der Waals surface area (Å²) in [4.78, 5) is 14.3. The number of furan rings is 1. The molecule has 4 rings (SSSR count). The smallest absolute Gasteiger partial charge is 0.317 e. The van der Waals surface area contributed by atoms with E-state index in [0.29, 0.717) is 26.2 Å². The van der Waals surface area contributed by atoms with Crippen LogP contribution in [0.3, 0.4) is 0 Å². The number of hydrogen-bond donors (Lipinski definition) is 1. The van der Waals surface area contributed by atoms with Gasteiger partial charge < -0.3 is 19.4 Å². The van der Waals surface area contributed by atoms with E-state index >= 15 is 0 Å². The molecule has 0 bridgehead atoms. The van der Waals surface area contributed by atoms with Gasteiger partial charge in [-0.15, -0.1) is 0 Å². The molecule has 5 nitrogen and oxygen atoms in total. The largest absolute Gasteiger partial charge is 0.467 e. The Hall–Kier alpha value is -2.34. The van der Waals surface area contributed by atoms with Crippen molar-refractivity contribution < 1.29 is 18.3 Å². The van der Waals surface area contributed by atoms with E-state index in [-0.39, 0.29) is 23.4 Å². The predicted octanol–water partition coefficient (Wildman–Crippen LogP) is 3.52. The van der Waals surface area contributed by atoms with Crippen LogP contribution in [0.4, 0.5) is 9.18 Å². The van der Waals surface area contributed by atoms with Crippen LogP contribution in [-0.4, -0.2) is 37.2 Å². The maximum Gasteiger partial charge on any atom is 0.317 e. The molecule has 6 heteroatoms. The Morgan fingerprint density at radius 1 is 1.27 bits per heavy atom. The lowest BCUT2D eigenvalue weighted by Gasteiger charge is -2.32. The monoisotopic (exact) mass is 358 g/mol. The van der Waals surface area contributed by atoms with E-state index in [1.807, 2.05) is 24.3 Å². The second kappa shape index (κ2) is 7.11. The molecule has 1 saturated heterocycles. The molecule has 1 aromatic carbocycles. The molecular formula is C20H23FN2O3. The lowest BCUT2D eigenvalue weighted by atomic mass is 9.96. The summed E-state index contributed by atoms with van der Waals surface area (Å²) >= 11 is 0. The van der Waals surface area contributed by atoms with Crippen molar-refractivity contribution in [3.8, 4) is 0 Å². The molecule has 1 unspecified atom stereocenters. The summed E-state index contributed by atoms with van der Waals surface area (Å²) in [5.41, 5.74) is 1.22. The molecule has 1 saturated carbocycles. The van der Waals surface area contributed by atoms with Crippen LogP contribution in [0.5, 0.6) is 0 Å². The van der Waals surface area contributed by atoms with E-state index in [0.717, 1.165) is 30.6 Å². The van der Waals surface area contributed by atoms with Gasteiger partial charge in [-0.05, 0) is 54.5 Å². The number of hydrogen-bond acceptors (Lipinski definition) is 3. The van der Waals surface area contributed by atoms with Crippen LogP contribution in [0.1, 0.15) is 30.3 Å². The molecule has 0 radical (unpaired) electrons. The molecule has 1 aliphatic carbocycles. The first kappa shape index (κ1) is 17.1. The zero-order valence-electron chi connectivity index (χ0n) is 14.6. The van der Waals surface area contributed by atoms with Gasteiger partial charge in [0.15, 0.2) is 0 Å². The van der Waals surface area contributed by atoms with Gasteiger partial charge in [0.05, 0.1) is 19.4 Å². The normalized spacial score (nSPS) is 21.4. The van der Waals surface area contributed by atoms with Crippen molar-refractivity contribution in [2.75, 3.05) is 26.2 Å². The number of benzene rings is 1. The highest BCUT2D eigenvalue weighted by atomic mass is 19.1. The quantitative estimate of drug-likeness (QED) is 0.890. The minimum atomic E-state index is -0.217. The molecule has 1 aromatic heterocycles. The third-order valence-electron chi connectivity index (χ3n) is 5.28. The molecule has 1 atom stereocenters. The van der Waals surface area contributed by atoms with Gasteiger partial charge in [-0.1, -0.05) is 12.1 Å². The fraction of sp³-hybridized carbons (Fsp3) is 0.450. The maximum atomic E-state index is 13.0. The highest BCUT2D eigenvalue weighted by Crippen LogP contribution is 2.47. The third-order valence-corrected chi connectivity index (χ3v) is 5.28. The van der Waals surface area contributed by atoms with E-state index in [4.69, 9.17) is 9.15 Å². The molecule has 2 heterocycles. The van der Waals surface area contributed by atoms with Crippen molar-refractivity contribution >= 4 is 6.03 Å². The number of urea groups is 1. The van der Waals surface area contributed by atoms with Crippen LogP contribution in [0.25, 0.3) is 0 Å². The number of nitrogens with zero attached hydrogens (tertiary/aromatic N) is 1. The third kappa shape index (κ3) is 3.90. The Morgan fingerprint density at radius 3 is 2.77 bits per heavy atom. The first-order chi connectivity index (χ1) is 12.6. The van der Waals surface area contributed by atoms with E-state index in [9.17, 15) is 9.18 Å². The number of nitrogens with one attached hydrogen (secondary N) is 1. The fourth-order valence-electron chi connectivity index (χ4n) is 3.48. The molecule has 1 N–H and O–H groups in total. The predicted molar refractivity (Wildman–Crippen MR) is 94.1 cm³/mol. The minimum Gasteiger partial charge on any atom is -0.467 e. The van der Waals surface area contributed by atoms with Gasteiger partial charge >= 0.3 is 6.03 Å². The highest BCUT2D eigenvalue weighted by Gasteiger charge is 2.43. The first-order valence-electron chi connectivity index (χ1n) is 9.06. The second-order valence-corrected chi connectivity index (χ2v) is 7.28. The Balaban J connectivity index is 1.30. The maximum absolute atomic E-state index is 13.0. The van der Waals surface area contributed by atoms with Gasteiger partial charge in [0.2, 0.25) is 0 Å². The van der Waals surface area contributed by atoms with Crippen LogP contribution in [0.2, 0.25) is 0 Å². The topological polar surface area (TPSA) is 54.7 Å². The standard InChI is InChI=1S/C20H23FN2O3/c21-16-5-3-15(4-6-16)12-20(7-8-20)14-22-19(24)23-9-11-26-18(13-23)17-2-1-10-25-17/h1-6,10,18H,7-9,11-14H2,(H,22,24). The number of rotatable bonds is 5. The van der Waals surface area contributed by atoms with Crippen LogP contribution in [-0.2, 0) is 11.2 Å². The summed E-state index contributed by atoms with van der Waals surface area (Å²) in [7, 11) is 0. The molecule has 2 aliphatic rings. The van der Waals surface area contributed by atoms with E-state index in [1.165, 1.54) is 12.1 Å². The number of amides is 2. The van der Waals surface area contributed by atoms with Crippen LogP contribution >= 0.6 is 0 Å². The van der Waals surface area contributed by atoms with E-state index in [1.54, 1.807) is 11.2 Å². The van der Waals surface area contributed by atoms with Gasteiger partial charge in [0, 0.05) is 13.1 Å². The Labute approximate surface area is 152 Å². The Bertz CT molecular complexity index is 741. The fourth-order valence-corrected chi connectivity index (χ4v) is 3.48. The number of halogens is 1. The number of carbonyl (C=O) groups is 1. The van der Waals surface area contributed by atoms with Gasteiger partial charge in [-0.25, -0.2) is 9.18 Å². The number of carbonyl (C=O) groups excluding carboxylic acids is 1. The van der Waals surface area contributed by atoms with E-state index < -0.39 is 0 Å². The summed E-state index contributed by atoms with van der Waals surface area (Å²) in [6.07, 6.45) is 4.44. The van der Waals surface area contributed by atoms with Crippen molar-refractivity contribution in [1.82, 2.24) is 10.2 Å². The molecule has 2 fully saturated rings. The summed E-state index contributed by atoms with van der Waals surface area (Å²) < 4.78 is 24.1. The van der Waals surface area contributed by atoms with Gasteiger partial charge in [0.1, 0.15) is 17.7 Å². The van der Waals surface area contributed by atoms with Crippen molar-refractivity contribution in [1.29, 1.82) is 0 Å². The zero-order valence-corrected chi connectivity index (χ0v) is 14.6. The SMILES string of the molecule is O=C(NCC1(Cc2ccc(F)cc2)CC1)N1CCOC(c2ccco2)C1. The molecule has 1 aliphatic heterocycles.